The van der Waals surface area contributed by atoms with Crippen molar-refractivity contribution in [1.82, 2.24) is 4.90 Å². The Bertz CT molecular complexity index is 411. The molecular weight excluding hydrogens is 234 g/mol. The molecule has 2 N–H and O–H groups in total. The van der Waals surface area contributed by atoms with E-state index in [-0.39, 0.29) is 11.6 Å². The predicted octanol–water partition coefficient (Wildman–Crippen LogP) is 2.63. The van der Waals surface area contributed by atoms with Crippen LogP contribution in [0, 0.1) is 0 Å². The highest BCUT2D eigenvalue weighted by Crippen LogP contribution is 2.25. The van der Waals surface area contributed by atoms with Crippen molar-refractivity contribution < 1.29 is 0 Å². The van der Waals surface area contributed by atoms with Gasteiger partial charge < -0.3 is 10.6 Å². The first-order chi connectivity index (χ1) is 8.94. The Balaban J connectivity index is 2.10. The van der Waals surface area contributed by atoms with Gasteiger partial charge in [-0.05, 0) is 45.0 Å². The van der Waals surface area contributed by atoms with E-state index in [2.05, 4.69) is 61.9 Å². The van der Waals surface area contributed by atoms with Gasteiger partial charge in [-0.3, -0.25) is 4.90 Å². The number of benzene rings is 1. The molecule has 106 valence electrons. The van der Waals surface area contributed by atoms with E-state index in [4.69, 9.17) is 5.73 Å². The van der Waals surface area contributed by atoms with E-state index in [1.54, 1.807) is 0 Å². The van der Waals surface area contributed by atoms with E-state index in [9.17, 15) is 0 Å². The van der Waals surface area contributed by atoms with Gasteiger partial charge in [-0.1, -0.05) is 19.1 Å². The summed E-state index contributed by atoms with van der Waals surface area (Å²) in [7, 11) is 2.21. The van der Waals surface area contributed by atoms with Crippen LogP contribution < -0.4 is 10.6 Å². The van der Waals surface area contributed by atoms with E-state index in [0.29, 0.717) is 0 Å². The van der Waals surface area contributed by atoms with Crippen molar-refractivity contribution in [2.24, 2.45) is 5.73 Å². The van der Waals surface area contributed by atoms with Crippen molar-refractivity contribution in [2.45, 2.75) is 38.8 Å². The standard InChI is InChI=1S/C16H27N3/c1-5-15(17)13-6-8-14(9-7-13)19-11-10-18(4)16(2,3)12-19/h6-9,15H,5,10-12,17H2,1-4H3/t15-/m1/s1. The molecule has 1 heterocycles. The smallest absolute Gasteiger partial charge is 0.0367 e. The van der Waals surface area contributed by atoms with Gasteiger partial charge in [0.05, 0.1) is 0 Å². The number of rotatable bonds is 3. The van der Waals surface area contributed by atoms with Gasteiger partial charge >= 0.3 is 0 Å². The van der Waals surface area contributed by atoms with Crippen molar-refractivity contribution in [3.8, 4) is 0 Å². The van der Waals surface area contributed by atoms with Gasteiger partial charge in [-0.2, -0.15) is 0 Å². The Hall–Kier alpha value is -1.06. The fourth-order valence-electron chi connectivity index (χ4n) is 2.63. The lowest BCUT2D eigenvalue weighted by atomic mass is 9.98. The van der Waals surface area contributed by atoms with E-state index in [0.717, 1.165) is 26.1 Å². The van der Waals surface area contributed by atoms with Crippen LogP contribution in [0.2, 0.25) is 0 Å². The zero-order chi connectivity index (χ0) is 14.0. The van der Waals surface area contributed by atoms with E-state index < -0.39 is 0 Å². The number of nitrogens with two attached hydrogens (primary N) is 1. The summed E-state index contributed by atoms with van der Waals surface area (Å²) in [5.74, 6) is 0. The third-order valence-corrected chi connectivity index (χ3v) is 4.44. The second kappa shape index (κ2) is 5.51. The molecule has 1 aliphatic heterocycles. The molecule has 0 radical (unpaired) electrons. The highest BCUT2D eigenvalue weighted by molar-refractivity contribution is 5.49. The van der Waals surface area contributed by atoms with Crippen LogP contribution in [0.4, 0.5) is 5.69 Å². The van der Waals surface area contributed by atoms with Gasteiger partial charge in [0.1, 0.15) is 0 Å². The van der Waals surface area contributed by atoms with E-state index in [1.165, 1.54) is 11.3 Å². The Morgan fingerprint density at radius 3 is 2.37 bits per heavy atom. The summed E-state index contributed by atoms with van der Waals surface area (Å²) in [4.78, 5) is 4.91. The Morgan fingerprint density at radius 1 is 1.21 bits per heavy atom. The zero-order valence-electron chi connectivity index (χ0n) is 12.7. The highest BCUT2D eigenvalue weighted by atomic mass is 15.3. The molecular formula is C16H27N3. The third kappa shape index (κ3) is 3.10. The quantitative estimate of drug-likeness (QED) is 0.908. The summed E-state index contributed by atoms with van der Waals surface area (Å²) in [6.07, 6.45) is 0.987. The van der Waals surface area contributed by atoms with Crippen LogP contribution in [0.5, 0.6) is 0 Å². The Labute approximate surface area is 117 Å². The van der Waals surface area contributed by atoms with Crippen LogP contribution in [-0.2, 0) is 0 Å². The minimum atomic E-state index is 0.165. The maximum Gasteiger partial charge on any atom is 0.0367 e. The minimum absolute atomic E-state index is 0.165. The lowest BCUT2D eigenvalue weighted by Crippen LogP contribution is -2.57. The molecule has 1 saturated heterocycles. The first kappa shape index (κ1) is 14.4. The van der Waals surface area contributed by atoms with Crippen molar-refractivity contribution in [3.05, 3.63) is 29.8 Å². The summed E-state index contributed by atoms with van der Waals surface area (Å²) >= 11 is 0. The van der Waals surface area contributed by atoms with Crippen LogP contribution in [0.3, 0.4) is 0 Å². The number of anilines is 1. The highest BCUT2D eigenvalue weighted by Gasteiger charge is 2.30. The predicted molar refractivity (Wildman–Crippen MR) is 82.6 cm³/mol. The van der Waals surface area contributed by atoms with E-state index in [1.807, 2.05) is 0 Å². The fourth-order valence-corrected chi connectivity index (χ4v) is 2.63. The Morgan fingerprint density at radius 2 is 1.84 bits per heavy atom. The topological polar surface area (TPSA) is 32.5 Å². The average molecular weight is 261 g/mol. The molecule has 1 aromatic rings. The summed E-state index contributed by atoms with van der Waals surface area (Å²) in [5, 5.41) is 0. The molecule has 0 spiro atoms. The van der Waals surface area contributed by atoms with Gasteiger partial charge in [-0.25, -0.2) is 0 Å². The van der Waals surface area contributed by atoms with Gasteiger partial charge in [0, 0.05) is 36.9 Å². The SMILES string of the molecule is CC[C@@H](N)c1ccc(N2CCN(C)C(C)(C)C2)cc1. The van der Waals surface area contributed by atoms with Gasteiger partial charge in [0.25, 0.3) is 0 Å². The summed E-state index contributed by atoms with van der Waals surface area (Å²) in [6.45, 7) is 10.0. The number of hydrogen-bond donors (Lipinski definition) is 1. The molecule has 0 aromatic heterocycles. The van der Waals surface area contributed by atoms with Gasteiger partial charge in [0.15, 0.2) is 0 Å². The fraction of sp³-hybridized carbons (Fsp3) is 0.625. The molecule has 3 heteroatoms. The first-order valence-corrected chi connectivity index (χ1v) is 7.26. The van der Waals surface area contributed by atoms with E-state index >= 15 is 0 Å². The first-order valence-electron chi connectivity index (χ1n) is 7.26. The second-order valence-electron chi connectivity index (χ2n) is 6.26. The summed E-state index contributed by atoms with van der Waals surface area (Å²) in [5.41, 5.74) is 8.85. The molecule has 1 atom stereocenters. The maximum absolute atomic E-state index is 6.06. The molecule has 19 heavy (non-hydrogen) atoms. The van der Waals surface area contributed by atoms with Crippen LogP contribution in [0.25, 0.3) is 0 Å². The van der Waals surface area contributed by atoms with Gasteiger partial charge in [-0.15, -0.1) is 0 Å². The lowest BCUT2D eigenvalue weighted by Gasteiger charge is -2.46. The average Bonchev–Trinajstić information content (AvgIpc) is 2.41. The molecule has 1 aromatic carbocycles. The molecule has 0 aliphatic carbocycles. The summed E-state index contributed by atoms with van der Waals surface area (Å²) < 4.78 is 0. The molecule has 1 fully saturated rings. The van der Waals surface area contributed by atoms with Crippen LogP contribution in [0.15, 0.2) is 24.3 Å². The van der Waals surface area contributed by atoms with Crippen molar-refractivity contribution in [1.29, 1.82) is 0 Å². The maximum atomic E-state index is 6.06. The number of likely N-dealkylation sites (N-methyl/N-ethyl adjacent to an activating group) is 1. The van der Waals surface area contributed by atoms with Gasteiger partial charge in [0.2, 0.25) is 0 Å². The lowest BCUT2D eigenvalue weighted by molar-refractivity contribution is 0.139. The van der Waals surface area contributed by atoms with Crippen molar-refractivity contribution in [2.75, 3.05) is 31.6 Å². The molecule has 1 aliphatic rings. The van der Waals surface area contributed by atoms with Crippen molar-refractivity contribution in [3.63, 3.8) is 0 Å². The zero-order valence-corrected chi connectivity index (χ0v) is 12.7. The molecule has 2 rings (SSSR count). The molecule has 0 amide bonds. The van der Waals surface area contributed by atoms with Crippen LogP contribution >= 0.6 is 0 Å². The molecule has 0 unspecified atom stereocenters. The third-order valence-electron chi connectivity index (χ3n) is 4.44. The largest absolute Gasteiger partial charge is 0.368 e. The minimum Gasteiger partial charge on any atom is -0.368 e. The number of nitrogens with zero attached hydrogens (tertiary/aromatic N) is 2. The monoisotopic (exact) mass is 261 g/mol. The van der Waals surface area contributed by atoms with Crippen LogP contribution in [-0.4, -0.2) is 37.1 Å². The normalized spacial score (nSPS) is 21.4. The van der Waals surface area contributed by atoms with Crippen molar-refractivity contribution >= 4 is 5.69 Å². The van der Waals surface area contributed by atoms with Crippen LogP contribution in [0.1, 0.15) is 38.8 Å². The summed E-state index contributed by atoms with van der Waals surface area (Å²) in [6, 6.07) is 8.94. The molecule has 0 bridgehead atoms. The number of hydrogen-bond acceptors (Lipinski definition) is 3. The molecule has 0 saturated carbocycles. The molecule has 3 nitrogen and oxygen atoms in total. The Kier molecular flexibility index (Phi) is 4.16. The number of piperazine rings is 1. The second-order valence-corrected chi connectivity index (χ2v) is 6.26.